The lowest BCUT2D eigenvalue weighted by Crippen LogP contribution is -2.49. The first kappa shape index (κ1) is 20.2. The van der Waals surface area contributed by atoms with E-state index < -0.39 is 0 Å². The number of aryl methyl sites for hydroxylation is 2. The predicted octanol–water partition coefficient (Wildman–Crippen LogP) is 3.51. The van der Waals surface area contributed by atoms with E-state index >= 15 is 0 Å². The number of methoxy groups -OCH3 is 1. The van der Waals surface area contributed by atoms with Gasteiger partial charge >= 0.3 is 0 Å². The Bertz CT molecular complexity index is 1070. The number of carbonyl (C=O) groups excluding carboxylic acids is 1. The van der Waals surface area contributed by atoms with Gasteiger partial charge in [0.25, 0.3) is 5.91 Å². The van der Waals surface area contributed by atoms with Crippen molar-refractivity contribution in [3.8, 4) is 11.6 Å². The zero-order valence-corrected chi connectivity index (χ0v) is 18.1. The van der Waals surface area contributed by atoms with Crippen molar-refractivity contribution in [2.45, 2.75) is 13.8 Å². The van der Waals surface area contributed by atoms with Crippen LogP contribution < -0.4 is 9.64 Å². The molecule has 156 valence electrons. The topological polar surface area (TPSA) is 63.5 Å². The zero-order valence-electron chi connectivity index (χ0n) is 17.3. The van der Waals surface area contributed by atoms with Crippen molar-refractivity contribution in [2.24, 2.45) is 0 Å². The minimum Gasteiger partial charge on any atom is -0.495 e. The van der Waals surface area contributed by atoms with Gasteiger partial charge in [-0.2, -0.15) is 5.10 Å². The van der Waals surface area contributed by atoms with Gasteiger partial charge in [0.2, 0.25) is 0 Å². The van der Waals surface area contributed by atoms with Crippen molar-refractivity contribution < 1.29 is 9.53 Å². The van der Waals surface area contributed by atoms with E-state index in [0.29, 0.717) is 37.0 Å². The van der Waals surface area contributed by atoms with Gasteiger partial charge in [0, 0.05) is 31.9 Å². The molecule has 30 heavy (non-hydrogen) atoms. The lowest BCUT2D eigenvalue weighted by molar-refractivity contribution is 0.0741. The number of anilines is 1. The van der Waals surface area contributed by atoms with Crippen molar-refractivity contribution in [1.29, 1.82) is 0 Å². The molecule has 7 nitrogen and oxygen atoms in total. The number of rotatable bonds is 4. The van der Waals surface area contributed by atoms with E-state index in [1.165, 1.54) is 0 Å². The fourth-order valence-corrected chi connectivity index (χ4v) is 3.94. The molecular weight excluding hydrogens is 402 g/mol. The summed E-state index contributed by atoms with van der Waals surface area (Å²) in [4.78, 5) is 21.7. The van der Waals surface area contributed by atoms with E-state index in [0.717, 1.165) is 22.8 Å². The number of hydrogen-bond donors (Lipinski definition) is 0. The maximum absolute atomic E-state index is 13.2. The average molecular weight is 426 g/mol. The second-order valence-corrected chi connectivity index (χ2v) is 7.70. The first-order valence-corrected chi connectivity index (χ1v) is 10.2. The van der Waals surface area contributed by atoms with Crippen molar-refractivity contribution in [2.75, 3.05) is 38.2 Å². The average Bonchev–Trinajstić information content (AvgIpc) is 3.11. The predicted molar refractivity (Wildman–Crippen MR) is 117 cm³/mol. The van der Waals surface area contributed by atoms with E-state index in [1.807, 2.05) is 44.2 Å². The van der Waals surface area contributed by atoms with Crippen molar-refractivity contribution in [1.82, 2.24) is 19.7 Å². The lowest BCUT2D eigenvalue weighted by Gasteiger charge is -2.36. The van der Waals surface area contributed by atoms with Gasteiger partial charge in [0.15, 0.2) is 5.82 Å². The van der Waals surface area contributed by atoms with Crippen LogP contribution in [0.1, 0.15) is 21.9 Å². The highest BCUT2D eigenvalue weighted by Crippen LogP contribution is 2.29. The van der Waals surface area contributed by atoms with Gasteiger partial charge in [0.1, 0.15) is 11.4 Å². The molecule has 4 rings (SSSR count). The lowest BCUT2D eigenvalue weighted by atomic mass is 10.2. The highest BCUT2D eigenvalue weighted by atomic mass is 35.5. The van der Waals surface area contributed by atoms with Gasteiger partial charge in [-0.3, -0.25) is 4.79 Å². The number of nitrogens with zero attached hydrogens (tertiary/aromatic N) is 5. The fraction of sp³-hybridized carbons (Fsp3) is 0.318. The summed E-state index contributed by atoms with van der Waals surface area (Å²) in [5.74, 6) is 1.25. The number of piperazine rings is 1. The molecule has 1 aliphatic heterocycles. The van der Waals surface area contributed by atoms with Crippen LogP contribution in [0, 0.1) is 13.8 Å². The molecule has 1 fully saturated rings. The Morgan fingerprint density at radius 3 is 2.47 bits per heavy atom. The summed E-state index contributed by atoms with van der Waals surface area (Å²) in [6.07, 6.45) is 0. The SMILES string of the molecule is COc1ccccc1N1CCN(C(=O)c2nc(-n3nc(C)cc3C)ccc2Cl)CC1. The highest BCUT2D eigenvalue weighted by molar-refractivity contribution is 6.33. The maximum atomic E-state index is 13.2. The van der Waals surface area contributed by atoms with Crippen LogP contribution in [0.5, 0.6) is 5.75 Å². The third kappa shape index (κ3) is 3.85. The van der Waals surface area contributed by atoms with Gasteiger partial charge in [0.05, 0.1) is 23.5 Å². The molecule has 0 atom stereocenters. The molecule has 8 heteroatoms. The first-order valence-electron chi connectivity index (χ1n) is 9.85. The number of halogens is 1. The van der Waals surface area contributed by atoms with Crippen LogP contribution in [0.25, 0.3) is 5.82 Å². The minimum atomic E-state index is -0.164. The Hall–Kier alpha value is -3.06. The van der Waals surface area contributed by atoms with Crippen LogP contribution >= 0.6 is 11.6 Å². The van der Waals surface area contributed by atoms with E-state index in [1.54, 1.807) is 28.8 Å². The summed E-state index contributed by atoms with van der Waals surface area (Å²) in [6.45, 7) is 6.46. The molecule has 0 bridgehead atoms. The molecule has 0 aliphatic carbocycles. The van der Waals surface area contributed by atoms with Crippen LogP contribution in [-0.4, -0.2) is 58.9 Å². The number of pyridine rings is 1. The van der Waals surface area contributed by atoms with E-state index in [4.69, 9.17) is 16.3 Å². The molecule has 0 saturated carbocycles. The van der Waals surface area contributed by atoms with Crippen LogP contribution in [0.15, 0.2) is 42.5 Å². The Labute approximate surface area is 180 Å². The minimum absolute atomic E-state index is 0.164. The van der Waals surface area contributed by atoms with Crippen LogP contribution in [0.2, 0.25) is 5.02 Å². The standard InChI is InChI=1S/C22H24ClN5O2/c1-15-14-16(2)28(25-15)20-9-8-17(23)21(24-20)22(29)27-12-10-26(11-13-27)18-6-4-5-7-19(18)30-3/h4-9,14H,10-13H2,1-3H3. The molecule has 3 aromatic rings. The largest absolute Gasteiger partial charge is 0.495 e. The van der Waals surface area contributed by atoms with Gasteiger partial charge in [-0.15, -0.1) is 0 Å². The van der Waals surface area contributed by atoms with Crippen LogP contribution in [0.3, 0.4) is 0 Å². The summed E-state index contributed by atoms with van der Waals surface area (Å²) in [5.41, 5.74) is 3.14. The third-order valence-electron chi connectivity index (χ3n) is 5.25. The molecule has 3 heterocycles. The highest BCUT2D eigenvalue weighted by Gasteiger charge is 2.26. The van der Waals surface area contributed by atoms with Gasteiger partial charge in [-0.25, -0.2) is 9.67 Å². The Morgan fingerprint density at radius 1 is 1.07 bits per heavy atom. The number of ether oxygens (including phenoxy) is 1. The monoisotopic (exact) mass is 425 g/mol. The summed E-state index contributed by atoms with van der Waals surface area (Å²) in [6, 6.07) is 13.4. The number of amides is 1. The zero-order chi connectivity index (χ0) is 21.3. The molecular formula is C22H24ClN5O2. The summed E-state index contributed by atoms with van der Waals surface area (Å²) >= 11 is 6.34. The summed E-state index contributed by atoms with van der Waals surface area (Å²) in [7, 11) is 1.67. The number of carbonyl (C=O) groups is 1. The second kappa shape index (κ2) is 8.36. The fourth-order valence-electron chi connectivity index (χ4n) is 3.75. The van der Waals surface area contributed by atoms with E-state index in [2.05, 4.69) is 15.0 Å². The molecule has 0 N–H and O–H groups in total. The van der Waals surface area contributed by atoms with E-state index in [9.17, 15) is 4.79 Å². The van der Waals surface area contributed by atoms with E-state index in [-0.39, 0.29) is 11.6 Å². The Balaban J connectivity index is 1.52. The van der Waals surface area contributed by atoms with Gasteiger partial charge in [-0.1, -0.05) is 23.7 Å². The second-order valence-electron chi connectivity index (χ2n) is 7.29. The molecule has 2 aromatic heterocycles. The molecule has 1 amide bonds. The molecule has 0 unspecified atom stereocenters. The number of benzene rings is 1. The van der Waals surface area contributed by atoms with Crippen molar-refractivity contribution in [3.05, 3.63) is 64.6 Å². The molecule has 1 aliphatic rings. The van der Waals surface area contributed by atoms with Crippen LogP contribution in [-0.2, 0) is 0 Å². The first-order chi connectivity index (χ1) is 14.5. The smallest absolute Gasteiger partial charge is 0.274 e. The summed E-state index contributed by atoms with van der Waals surface area (Å²) in [5, 5.41) is 4.80. The maximum Gasteiger partial charge on any atom is 0.274 e. The number of para-hydroxylation sites is 2. The van der Waals surface area contributed by atoms with Gasteiger partial charge in [-0.05, 0) is 44.2 Å². The molecule has 0 spiro atoms. The Kier molecular flexibility index (Phi) is 5.63. The van der Waals surface area contributed by atoms with Crippen LogP contribution in [0.4, 0.5) is 5.69 Å². The molecule has 1 aromatic carbocycles. The number of hydrogen-bond acceptors (Lipinski definition) is 5. The van der Waals surface area contributed by atoms with Crippen molar-refractivity contribution in [3.63, 3.8) is 0 Å². The Morgan fingerprint density at radius 2 is 1.80 bits per heavy atom. The normalized spacial score (nSPS) is 14.1. The molecule has 0 radical (unpaired) electrons. The summed E-state index contributed by atoms with van der Waals surface area (Å²) < 4.78 is 7.19. The molecule has 1 saturated heterocycles. The van der Waals surface area contributed by atoms with Crippen molar-refractivity contribution >= 4 is 23.2 Å². The van der Waals surface area contributed by atoms with Gasteiger partial charge < -0.3 is 14.5 Å². The number of aromatic nitrogens is 3. The third-order valence-corrected chi connectivity index (χ3v) is 5.56. The quantitative estimate of drug-likeness (QED) is 0.640.